The van der Waals surface area contributed by atoms with Gasteiger partial charge in [-0.25, -0.2) is 4.98 Å². The number of halogens is 1. The third-order valence-corrected chi connectivity index (χ3v) is 6.12. The van der Waals surface area contributed by atoms with Crippen LogP contribution in [0.3, 0.4) is 0 Å². The molecule has 0 saturated carbocycles. The first-order valence-corrected chi connectivity index (χ1v) is 11.6. The van der Waals surface area contributed by atoms with Crippen LogP contribution < -0.4 is 10.6 Å². The zero-order valence-electron chi connectivity index (χ0n) is 19.0. The maximum Gasteiger partial charge on any atom is 0.257 e. The maximum absolute atomic E-state index is 13.7. The second-order valence-corrected chi connectivity index (χ2v) is 8.73. The Bertz CT molecular complexity index is 1430. The Labute approximate surface area is 212 Å². The number of nitrogens with one attached hydrogen (secondary N) is 2. The molecule has 36 heavy (non-hydrogen) atoms. The van der Waals surface area contributed by atoms with E-state index in [0.717, 1.165) is 5.56 Å². The highest BCUT2D eigenvalue weighted by Crippen LogP contribution is 2.33. The van der Waals surface area contributed by atoms with E-state index in [4.69, 9.17) is 11.6 Å². The summed E-state index contributed by atoms with van der Waals surface area (Å²) in [6.45, 7) is 0.163. The van der Waals surface area contributed by atoms with Crippen LogP contribution in [0.1, 0.15) is 37.9 Å². The van der Waals surface area contributed by atoms with Gasteiger partial charge in [0, 0.05) is 23.3 Å². The summed E-state index contributed by atoms with van der Waals surface area (Å²) in [4.78, 5) is 45.2. The first-order valence-electron chi connectivity index (χ1n) is 11.3. The molecule has 8 heteroatoms. The van der Waals surface area contributed by atoms with Gasteiger partial charge in [0.1, 0.15) is 11.9 Å². The average Bonchev–Trinajstić information content (AvgIpc) is 2.99. The van der Waals surface area contributed by atoms with Crippen molar-refractivity contribution in [3.8, 4) is 0 Å². The van der Waals surface area contributed by atoms with Gasteiger partial charge in [-0.2, -0.15) is 0 Å². The minimum Gasteiger partial charge on any atom is -0.323 e. The molecule has 4 aromatic rings. The Morgan fingerprint density at radius 3 is 2.42 bits per heavy atom. The fourth-order valence-corrected chi connectivity index (χ4v) is 4.31. The van der Waals surface area contributed by atoms with E-state index in [1.54, 1.807) is 66.9 Å². The van der Waals surface area contributed by atoms with Crippen LogP contribution in [-0.4, -0.2) is 27.6 Å². The summed E-state index contributed by atoms with van der Waals surface area (Å²) in [7, 11) is 0. The van der Waals surface area contributed by atoms with Gasteiger partial charge in [0.2, 0.25) is 0 Å². The summed E-state index contributed by atoms with van der Waals surface area (Å²) in [6, 6.07) is 25.3. The summed E-state index contributed by atoms with van der Waals surface area (Å²) in [6.07, 6.45) is 1.60. The second kappa shape index (κ2) is 10.0. The Morgan fingerprint density at radius 1 is 0.944 bits per heavy atom. The molecule has 0 bridgehead atoms. The Kier molecular flexibility index (Phi) is 6.47. The Hall–Kier alpha value is -4.49. The van der Waals surface area contributed by atoms with Gasteiger partial charge in [0.15, 0.2) is 0 Å². The van der Waals surface area contributed by atoms with Gasteiger partial charge in [-0.3, -0.25) is 14.4 Å². The van der Waals surface area contributed by atoms with Crippen molar-refractivity contribution in [1.29, 1.82) is 0 Å². The van der Waals surface area contributed by atoms with Crippen molar-refractivity contribution in [2.75, 3.05) is 10.6 Å². The highest BCUT2D eigenvalue weighted by Gasteiger charge is 2.36. The van der Waals surface area contributed by atoms with Gasteiger partial charge in [-0.15, -0.1) is 0 Å². The molecule has 1 atom stereocenters. The lowest BCUT2D eigenvalue weighted by molar-refractivity contribution is -0.120. The molecule has 0 spiro atoms. The van der Waals surface area contributed by atoms with Crippen LogP contribution in [0.2, 0.25) is 5.02 Å². The highest BCUT2D eigenvalue weighted by molar-refractivity contribution is 6.31. The monoisotopic (exact) mass is 496 g/mol. The molecule has 2 N–H and O–H groups in total. The molecule has 2 heterocycles. The maximum atomic E-state index is 13.7. The highest BCUT2D eigenvalue weighted by atomic mass is 35.5. The third kappa shape index (κ3) is 4.82. The van der Waals surface area contributed by atoms with Gasteiger partial charge in [-0.05, 0) is 53.6 Å². The zero-order valence-corrected chi connectivity index (χ0v) is 19.8. The molecule has 3 aromatic carbocycles. The Balaban J connectivity index is 1.45. The predicted octanol–water partition coefficient (Wildman–Crippen LogP) is 5.32. The molecule has 178 valence electrons. The van der Waals surface area contributed by atoms with Crippen molar-refractivity contribution in [2.24, 2.45) is 0 Å². The molecule has 5 rings (SSSR count). The number of carbonyl (C=O) groups excluding carboxylic acids is 3. The van der Waals surface area contributed by atoms with Gasteiger partial charge >= 0.3 is 0 Å². The molecule has 1 aromatic heterocycles. The summed E-state index contributed by atoms with van der Waals surface area (Å²) in [5, 5.41) is 6.03. The SMILES string of the molecule is O=C(Nc1ccccn1)c1ccc(CN2C(=O)c3ccc(Cl)cc3NC(=O)C2c2ccccc2)cc1. The first-order chi connectivity index (χ1) is 17.5. The minimum absolute atomic E-state index is 0.163. The van der Waals surface area contributed by atoms with E-state index in [1.165, 1.54) is 4.90 Å². The number of carbonyl (C=O) groups is 3. The summed E-state index contributed by atoms with van der Waals surface area (Å²) >= 11 is 6.12. The van der Waals surface area contributed by atoms with Crippen LogP contribution in [0.25, 0.3) is 0 Å². The molecule has 0 radical (unpaired) electrons. The van der Waals surface area contributed by atoms with Gasteiger partial charge in [0.25, 0.3) is 17.7 Å². The quantitative estimate of drug-likeness (QED) is 0.391. The molecular formula is C28H21ClN4O3. The van der Waals surface area contributed by atoms with Crippen molar-refractivity contribution in [2.45, 2.75) is 12.6 Å². The number of nitrogens with zero attached hydrogens (tertiary/aromatic N) is 2. The Morgan fingerprint density at radius 2 is 1.69 bits per heavy atom. The fraction of sp³-hybridized carbons (Fsp3) is 0.0714. The molecule has 0 aliphatic carbocycles. The van der Waals surface area contributed by atoms with Gasteiger partial charge < -0.3 is 15.5 Å². The first kappa shape index (κ1) is 23.3. The van der Waals surface area contributed by atoms with E-state index >= 15 is 0 Å². The summed E-state index contributed by atoms with van der Waals surface area (Å²) in [5.74, 6) is -0.469. The summed E-state index contributed by atoms with van der Waals surface area (Å²) in [5.41, 5.74) is 2.64. The molecule has 1 aliphatic rings. The number of aromatic nitrogens is 1. The fourth-order valence-electron chi connectivity index (χ4n) is 4.13. The molecule has 3 amide bonds. The number of pyridine rings is 1. The number of amides is 3. The van der Waals surface area contributed by atoms with E-state index in [2.05, 4.69) is 15.6 Å². The summed E-state index contributed by atoms with van der Waals surface area (Å²) < 4.78 is 0. The smallest absolute Gasteiger partial charge is 0.257 e. The van der Waals surface area contributed by atoms with E-state index < -0.39 is 6.04 Å². The van der Waals surface area contributed by atoms with E-state index in [9.17, 15) is 14.4 Å². The lowest BCUT2D eigenvalue weighted by Gasteiger charge is -2.29. The topological polar surface area (TPSA) is 91.4 Å². The minimum atomic E-state index is -0.850. The average molecular weight is 497 g/mol. The third-order valence-electron chi connectivity index (χ3n) is 5.88. The molecule has 1 unspecified atom stereocenters. The molecular weight excluding hydrogens is 476 g/mol. The zero-order chi connectivity index (χ0) is 25.1. The normalized spacial score (nSPS) is 15.0. The van der Waals surface area contributed by atoms with Crippen LogP contribution in [0, 0.1) is 0 Å². The molecule has 0 fully saturated rings. The van der Waals surface area contributed by atoms with Crippen molar-refractivity contribution in [3.63, 3.8) is 0 Å². The number of fused-ring (bicyclic) bond motifs is 1. The number of hydrogen-bond donors (Lipinski definition) is 2. The van der Waals surface area contributed by atoms with Crippen molar-refractivity contribution in [3.05, 3.63) is 124 Å². The van der Waals surface area contributed by atoms with E-state index in [-0.39, 0.29) is 24.3 Å². The molecule has 0 saturated heterocycles. The lowest BCUT2D eigenvalue weighted by Crippen LogP contribution is -2.38. The molecule has 1 aliphatic heterocycles. The number of rotatable bonds is 5. The lowest BCUT2D eigenvalue weighted by atomic mass is 10.0. The predicted molar refractivity (Wildman–Crippen MR) is 138 cm³/mol. The number of anilines is 2. The van der Waals surface area contributed by atoms with Gasteiger partial charge in [0.05, 0.1) is 11.3 Å². The van der Waals surface area contributed by atoms with Crippen LogP contribution in [0.4, 0.5) is 11.5 Å². The van der Waals surface area contributed by atoms with E-state index in [1.807, 2.05) is 30.3 Å². The van der Waals surface area contributed by atoms with Crippen LogP contribution in [-0.2, 0) is 11.3 Å². The standard InChI is InChI=1S/C28H21ClN4O3/c29-21-13-14-22-23(16-21)31-27(35)25(19-6-2-1-3-7-19)33(28(22)36)17-18-9-11-20(12-10-18)26(34)32-24-8-4-5-15-30-24/h1-16,25H,17H2,(H,31,35)(H,30,32,34). The largest absolute Gasteiger partial charge is 0.323 e. The van der Waals surface area contributed by atoms with Crippen molar-refractivity contribution < 1.29 is 14.4 Å². The van der Waals surface area contributed by atoms with E-state index in [0.29, 0.717) is 33.2 Å². The number of benzene rings is 3. The number of hydrogen-bond acceptors (Lipinski definition) is 4. The molecule has 7 nitrogen and oxygen atoms in total. The van der Waals surface area contributed by atoms with Crippen LogP contribution in [0.15, 0.2) is 97.2 Å². The van der Waals surface area contributed by atoms with Crippen molar-refractivity contribution >= 4 is 40.8 Å². The second-order valence-electron chi connectivity index (χ2n) is 8.29. The van der Waals surface area contributed by atoms with Crippen LogP contribution in [0.5, 0.6) is 0 Å². The van der Waals surface area contributed by atoms with Crippen LogP contribution >= 0.6 is 11.6 Å². The van der Waals surface area contributed by atoms with Crippen molar-refractivity contribution in [1.82, 2.24) is 9.88 Å². The van der Waals surface area contributed by atoms with Gasteiger partial charge in [-0.1, -0.05) is 60.1 Å².